The van der Waals surface area contributed by atoms with Crippen molar-refractivity contribution in [3.63, 3.8) is 0 Å². The highest BCUT2D eigenvalue weighted by Crippen LogP contribution is 2.44. The van der Waals surface area contributed by atoms with Gasteiger partial charge in [0.2, 0.25) is 11.1 Å². The number of para-hydroxylation sites is 1. The SMILES string of the molecule is O=C(CSc1n[nH]c(COc2ccccc2F)n1)N[C@@H]1C[C@H]2CC[C@H]1C2. The number of benzene rings is 1. The molecule has 2 aliphatic rings. The zero-order valence-corrected chi connectivity index (χ0v) is 15.1. The summed E-state index contributed by atoms with van der Waals surface area (Å²) in [6.07, 6.45) is 4.96. The summed E-state index contributed by atoms with van der Waals surface area (Å²) in [5.41, 5.74) is 0. The normalized spacial score (nSPS) is 24.0. The van der Waals surface area contributed by atoms with Gasteiger partial charge in [0.05, 0.1) is 5.75 Å². The van der Waals surface area contributed by atoms with Gasteiger partial charge in [-0.05, 0) is 43.2 Å². The molecule has 4 rings (SSSR count). The lowest BCUT2D eigenvalue weighted by Crippen LogP contribution is -2.39. The number of nitrogens with zero attached hydrogens (tertiary/aromatic N) is 2. The molecule has 2 fully saturated rings. The van der Waals surface area contributed by atoms with Gasteiger partial charge in [-0.2, -0.15) is 0 Å². The highest BCUT2D eigenvalue weighted by molar-refractivity contribution is 7.99. The summed E-state index contributed by atoms with van der Waals surface area (Å²) >= 11 is 1.28. The van der Waals surface area contributed by atoms with Crippen molar-refractivity contribution in [3.05, 3.63) is 35.9 Å². The molecule has 26 heavy (non-hydrogen) atoms. The van der Waals surface area contributed by atoms with Crippen LogP contribution in [0.1, 0.15) is 31.5 Å². The van der Waals surface area contributed by atoms with Crippen molar-refractivity contribution in [1.29, 1.82) is 0 Å². The molecule has 138 valence electrons. The lowest BCUT2D eigenvalue weighted by Gasteiger charge is -2.22. The first-order valence-electron chi connectivity index (χ1n) is 8.88. The van der Waals surface area contributed by atoms with Gasteiger partial charge in [-0.15, -0.1) is 5.10 Å². The van der Waals surface area contributed by atoms with Crippen LogP contribution in [0.2, 0.25) is 0 Å². The number of halogens is 1. The molecule has 2 aromatic rings. The number of aromatic amines is 1. The van der Waals surface area contributed by atoms with Gasteiger partial charge < -0.3 is 10.1 Å². The zero-order chi connectivity index (χ0) is 17.9. The second kappa shape index (κ2) is 7.65. The van der Waals surface area contributed by atoms with E-state index in [2.05, 4.69) is 20.5 Å². The minimum atomic E-state index is -0.418. The molecule has 0 radical (unpaired) electrons. The van der Waals surface area contributed by atoms with Gasteiger partial charge in [0.15, 0.2) is 17.4 Å². The van der Waals surface area contributed by atoms with Crippen LogP contribution in [0.25, 0.3) is 0 Å². The Hall–Kier alpha value is -2.09. The van der Waals surface area contributed by atoms with Crippen LogP contribution in [0, 0.1) is 17.7 Å². The van der Waals surface area contributed by atoms with Crippen LogP contribution >= 0.6 is 11.8 Å². The highest BCUT2D eigenvalue weighted by Gasteiger charge is 2.39. The third-order valence-corrected chi connectivity index (χ3v) is 5.98. The van der Waals surface area contributed by atoms with Crippen molar-refractivity contribution in [3.8, 4) is 5.75 Å². The molecule has 1 aromatic heterocycles. The molecule has 8 heteroatoms. The van der Waals surface area contributed by atoms with E-state index in [0.29, 0.717) is 28.7 Å². The summed E-state index contributed by atoms with van der Waals surface area (Å²) in [4.78, 5) is 16.4. The molecule has 3 atom stereocenters. The van der Waals surface area contributed by atoms with Crippen LogP contribution in [0.3, 0.4) is 0 Å². The Morgan fingerprint density at radius 2 is 2.23 bits per heavy atom. The summed E-state index contributed by atoms with van der Waals surface area (Å²) in [6.45, 7) is 0.0891. The lowest BCUT2D eigenvalue weighted by atomic mass is 9.95. The number of rotatable bonds is 7. The number of ether oxygens (including phenoxy) is 1. The number of carbonyl (C=O) groups excluding carboxylic acids is 1. The van der Waals surface area contributed by atoms with Crippen LogP contribution in [-0.2, 0) is 11.4 Å². The first kappa shape index (κ1) is 17.3. The molecular formula is C18H21FN4O2S. The monoisotopic (exact) mass is 376 g/mol. The van der Waals surface area contributed by atoms with E-state index < -0.39 is 5.82 Å². The number of carbonyl (C=O) groups is 1. The lowest BCUT2D eigenvalue weighted by molar-refractivity contribution is -0.119. The number of nitrogens with one attached hydrogen (secondary N) is 2. The number of amides is 1. The molecule has 0 spiro atoms. The molecule has 2 bridgehead atoms. The summed E-state index contributed by atoms with van der Waals surface area (Å²) in [6, 6.07) is 6.55. The minimum Gasteiger partial charge on any atom is -0.483 e. The summed E-state index contributed by atoms with van der Waals surface area (Å²) in [7, 11) is 0. The fraction of sp³-hybridized carbons (Fsp3) is 0.500. The molecule has 2 N–H and O–H groups in total. The second-order valence-electron chi connectivity index (χ2n) is 6.92. The topological polar surface area (TPSA) is 79.9 Å². The van der Waals surface area contributed by atoms with Crippen LogP contribution < -0.4 is 10.1 Å². The number of thioether (sulfide) groups is 1. The van der Waals surface area contributed by atoms with E-state index in [0.717, 1.165) is 12.3 Å². The van der Waals surface area contributed by atoms with E-state index in [1.807, 2.05) is 0 Å². The Kier molecular flexibility index (Phi) is 5.10. The Bertz CT molecular complexity index is 784. The summed E-state index contributed by atoms with van der Waals surface area (Å²) in [5.74, 6) is 2.04. The van der Waals surface area contributed by atoms with E-state index in [1.54, 1.807) is 18.2 Å². The number of fused-ring (bicyclic) bond motifs is 2. The third-order valence-electron chi connectivity index (χ3n) is 5.13. The molecule has 1 amide bonds. The van der Waals surface area contributed by atoms with Crippen molar-refractivity contribution in [1.82, 2.24) is 20.5 Å². The van der Waals surface area contributed by atoms with Gasteiger partial charge in [-0.1, -0.05) is 30.3 Å². The molecule has 0 aliphatic heterocycles. The summed E-state index contributed by atoms with van der Waals surface area (Å²) < 4.78 is 18.9. The maximum atomic E-state index is 13.5. The average Bonchev–Trinajstić information content (AvgIpc) is 3.36. The molecule has 1 aromatic carbocycles. The van der Waals surface area contributed by atoms with Gasteiger partial charge in [-0.3, -0.25) is 9.89 Å². The molecule has 0 unspecified atom stereocenters. The van der Waals surface area contributed by atoms with Gasteiger partial charge >= 0.3 is 0 Å². The van der Waals surface area contributed by atoms with Crippen molar-refractivity contribution >= 4 is 17.7 Å². The van der Waals surface area contributed by atoms with E-state index in [-0.39, 0.29) is 18.3 Å². The fourth-order valence-electron chi connectivity index (χ4n) is 3.91. The first-order valence-corrected chi connectivity index (χ1v) is 9.86. The van der Waals surface area contributed by atoms with Crippen LogP contribution in [-0.4, -0.2) is 32.9 Å². The fourth-order valence-corrected chi connectivity index (χ4v) is 4.54. The van der Waals surface area contributed by atoms with Gasteiger partial charge in [0.25, 0.3) is 0 Å². The number of aromatic nitrogens is 3. The molecule has 2 aliphatic carbocycles. The zero-order valence-electron chi connectivity index (χ0n) is 14.3. The van der Waals surface area contributed by atoms with Crippen molar-refractivity contribution < 1.29 is 13.9 Å². The third kappa shape index (κ3) is 4.00. The van der Waals surface area contributed by atoms with Gasteiger partial charge in [-0.25, -0.2) is 9.37 Å². The Morgan fingerprint density at radius 1 is 1.35 bits per heavy atom. The number of H-pyrrole nitrogens is 1. The molecule has 0 saturated heterocycles. The van der Waals surface area contributed by atoms with E-state index >= 15 is 0 Å². The largest absolute Gasteiger partial charge is 0.483 e. The van der Waals surface area contributed by atoms with Crippen LogP contribution in [0.4, 0.5) is 4.39 Å². The first-order chi connectivity index (χ1) is 12.7. The predicted molar refractivity (Wildman–Crippen MR) is 95.2 cm³/mol. The van der Waals surface area contributed by atoms with E-state index in [9.17, 15) is 9.18 Å². The van der Waals surface area contributed by atoms with Crippen molar-refractivity contribution in [2.24, 2.45) is 11.8 Å². The molecule has 1 heterocycles. The minimum absolute atomic E-state index is 0.0292. The maximum Gasteiger partial charge on any atom is 0.230 e. The molecule has 6 nitrogen and oxygen atoms in total. The number of hydrogen-bond donors (Lipinski definition) is 2. The van der Waals surface area contributed by atoms with Crippen LogP contribution in [0.5, 0.6) is 5.75 Å². The highest BCUT2D eigenvalue weighted by atomic mass is 32.2. The van der Waals surface area contributed by atoms with Crippen molar-refractivity contribution in [2.75, 3.05) is 5.75 Å². The average molecular weight is 376 g/mol. The van der Waals surface area contributed by atoms with Crippen LogP contribution in [0.15, 0.2) is 29.4 Å². The quantitative estimate of drug-likeness (QED) is 0.727. The van der Waals surface area contributed by atoms with Gasteiger partial charge in [0, 0.05) is 6.04 Å². The summed E-state index contributed by atoms with van der Waals surface area (Å²) in [5, 5.41) is 10.5. The standard InChI is InChI=1S/C18H21FN4O2S/c19-13-3-1-2-4-15(13)25-9-16-21-18(23-22-16)26-10-17(24)20-14-8-11-5-6-12(14)7-11/h1-4,11-12,14H,5-10H2,(H,20,24)(H,21,22,23)/t11-,12-,14+/m0/s1. The molecular weight excluding hydrogens is 355 g/mol. The number of hydrogen-bond acceptors (Lipinski definition) is 5. The Morgan fingerprint density at radius 3 is 3.00 bits per heavy atom. The smallest absolute Gasteiger partial charge is 0.230 e. The Labute approximate surface area is 155 Å². The van der Waals surface area contributed by atoms with E-state index in [4.69, 9.17) is 4.74 Å². The molecule has 2 saturated carbocycles. The predicted octanol–water partition coefficient (Wildman–Crippen LogP) is 2.92. The Balaban J connectivity index is 1.22. The second-order valence-corrected chi connectivity index (χ2v) is 7.86. The van der Waals surface area contributed by atoms with Crippen molar-refractivity contribution in [2.45, 2.75) is 43.5 Å². The van der Waals surface area contributed by atoms with E-state index in [1.165, 1.54) is 37.1 Å². The van der Waals surface area contributed by atoms with Gasteiger partial charge in [0.1, 0.15) is 6.61 Å². The maximum absolute atomic E-state index is 13.5.